The summed E-state index contributed by atoms with van der Waals surface area (Å²) in [5.74, 6) is 0.353. The molecule has 2 aromatic rings. The number of hydrogen-bond acceptors (Lipinski definition) is 3. The minimum Gasteiger partial charge on any atom is -0.481 e. The fourth-order valence-corrected chi connectivity index (χ4v) is 1.71. The lowest BCUT2D eigenvalue weighted by molar-refractivity contribution is -0.127. The molecule has 0 fully saturated rings. The van der Waals surface area contributed by atoms with Crippen LogP contribution in [0.5, 0.6) is 5.75 Å². The van der Waals surface area contributed by atoms with Crippen molar-refractivity contribution in [2.45, 2.75) is 13.0 Å². The molecule has 0 spiro atoms. The SMILES string of the molecule is CC(Oc1ccccc1)C(=O)NN=C/C=C/c1ccccc1. The highest BCUT2D eigenvalue weighted by Gasteiger charge is 2.13. The second kappa shape index (κ2) is 8.42. The number of carbonyl (C=O) groups excluding carboxylic acids is 1. The van der Waals surface area contributed by atoms with Crippen molar-refractivity contribution in [3.63, 3.8) is 0 Å². The van der Waals surface area contributed by atoms with Crippen LogP contribution in [0.15, 0.2) is 71.8 Å². The summed E-state index contributed by atoms with van der Waals surface area (Å²) in [7, 11) is 0. The van der Waals surface area contributed by atoms with Crippen LogP contribution >= 0.6 is 0 Å². The van der Waals surface area contributed by atoms with Crippen molar-refractivity contribution in [3.8, 4) is 5.75 Å². The molecule has 2 rings (SSSR count). The molecule has 22 heavy (non-hydrogen) atoms. The number of carbonyl (C=O) groups is 1. The van der Waals surface area contributed by atoms with E-state index in [9.17, 15) is 4.79 Å². The normalized spacial score (nSPS) is 12.4. The maximum Gasteiger partial charge on any atom is 0.280 e. The topological polar surface area (TPSA) is 50.7 Å². The van der Waals surface area contributed by atoms with E-state index in [4.69, 9.17) is 4.74 Å². The number of ether oxygens (including phenoxy) is 1. The quantitative estimate of drug-likeness (QED) is 0.656. The molecule has 0 aliphatic carbocycles. The van der Waals surface area contributed by atoms with Gasteiger partial charge in [-0.3, -0.25) is 4.79 Å². The van der Waals surface area contributed by atoms with Crippen molar-refractivity contribution in [2.75, 3.05) is 0 Å². The first-order valence-electron chi connectivity index (χ1n) is 7.02. The van der Waals surface area contributed by atoms with Crippen molar-refractivity contribution >= 4 is 18.2 Å². The fourth-order valence-electron chi connectivity index (χ4n) is 1.71. The monoisotopic (exact) mass is 294 g/mol. The van der Waals surface area contributed by atoms with E-state index in [1.807, 2.05) is 54.6 Å². The van der Waals surface area contributed by atoms with Crippen molar-refractivity contribution in [1.29, 1.82) is 0 Å². The van der Waals surface area contributed by atoms with E-state index < -0.39 is 6.10 Å². The number of allylic oxidation sites excluding steroid dienone is 1. The van der Waals surface area contributed by atoms with Crippen molar-refractivity contribution in [2.24, 2.45) is 5.10 Å². The molecule has 0 bridgehead atoms. The maximum absolute atomic E-state index is 11.8. The maximum atomic E-state index is 11.8. The molecule has 0 radical (unpaired) electrons. The van der Waals surface area contributed by atoms with Crippen molar-refractivity contribution in [1.82, 2.24) is 5.43 Å². The lowest BCUT2D eigenvalue weighted by Gasteiger charge is -2.12. The highest BCUT2D eigenvalue weighted by Crippen LogP contribution is 2.10. The van der Waals surface area contributed by atoms with Crippen LogP contribution in [0, 0.1) is 0 Å². The predicted octanol–water partition coefficient (Wildman–Crippen LogP) is 3.27. The van der Waals surface area contributed by atoms with Gasteiger partial charge < -0.3 is 4.74 Å². The zero-order valence-electron chi connectivity index (χ0n) is 12.3. The second-order valence-corrected chi connectivity index (χ2v) is 4.60. The Morgan fingerprint density at radius 1 is 1.09 bits per heavy atom. The molecular weight excluding hydrogens is 276 g/mol. The third-order valence-electron chi connectivity index (χ3n) is 2.85. The van der Waals surface area contributed by atoms with Gasteiger partial charge in [0, 0.05) is 6.21 Å². The van der Waals surface area contributed by atoms with Crippen LogP contribution in [0.25, 0.3) is 6.08 Å². The van der Waals surface area contributed by atoms with Crippen LogP contribution in [0.3, 0.4) is 0 Å². The Bertz CT molecular complexity index is 637. The first-order chi connectivity index (χ1) is 10.8. The highest BCUT2D eigenvalue weighted by molar-refractivity contribution is 5.83. The Morgan fingerprint density at radius 2 is 1.73 bits per heavy atom. The third-order valence-corrected chi connectivity index (χ3v) is 2.85. The molecule has 0 saturated carbocycles. The summed E-state index contributed by atoms with van der Waals surface area (Å²) in [4.78, 5) is 11.8. The van der Waals surface area contributed by atoms with E-state index in [-0.39, 0.29) is 5.91 Å². The van der Waals surface area contributed by atoms with Gasteiger partial charge in [-0.15, -0.1) is 0 Å². The second-order valence-electron chi connectivity index (χ2n) is 4.60. The van der Waals surface area contributed by atoms with E-state index in [1.165, 1.54) is 6.21 Å². The lowest BCUT2D eigenvalue weighted by Crippen LogP contribution is -2.33. The van der Waals surface area contributed by atoms with Gasteiger partial charge in [-0.2, -0.15) is 5.10 Å². The molecule has 0 saturated heterocycles. The van der Waals surface area contributed by atoms with E-state index in [0.29, 0.717) is 5.75 Å². The first-order valence-corrected chi connectivity index (χ1v) is 7.02. The van der Waals surface area contributed by atoms with Gasteiger partial charge >= 0.3 is 0 Å². The van der Waals surface area contributed by atoms with Crippen molar-refractivity contribution < 1.29 is 9.53 Å². The van der Waals surface area contributed by atoms with Gasteiger partial charge in [0.25, 0.3) is 5.91 Å². The predicted molar refractivity (Wildman–Crippen MR) is 88.6 cm³/mol. The minimum atomic E-state index is -0.613. The van der Waals surface area contributed by atoms with Gasteiger partial charge in [0.1, 0.15) is 5.75 Å². The number of amides is 1. The van der Waals surface area contributed by atoms with Gasteiger partial charge in [0.15, 0.2) is 6.10 Å². The zero-order chi connectivity index (χ0) is 15.6. The minimum absolute atomic E-state index is 0.298. The smallest absolute Gasteiger partial charge is 0.280 e. The Morgan fingerprint density at radius 3 is 2.41 bits per heavy atom. The largest absolute Gasteiger partial charge is 0.481 e. The van der Waals surface area contributed by atoms with E-state index >= 15 is 0 Å². The summed E-state index contributed by atoms with van der Waals surface area (Å²) in [5.41, 5.74) is 3.51. The van der Waals surface area contributed by atoms with Crippen LogP contribution in [-0.4, -0.2) is 18.2 Å². The van der Waals surface area contributed by atoms with Gasteiger partial charge in [-0.25, -0.2) is 5.43 Å². The van der Waals surface area contributed by atoms with Gasteiger partial charge in [0.2, 0.25) is 0 Å². The molecule has 1 amide bonds. The number of nitrogens with zero attached hydrogens (tertiary/aromatic N) is 1. The summed E-state index contributed by atoms with van der Waals surface area (Å²) in [6, 6.07) is 19.0. The zero-order valence-corrected chi connectivity index (χ0v) is 12.3. The van der Waals surface area contributed by atoms with Crippen LogP contribution in [-0.2, 0) is 4.79 Å². The highest BCUT2D eigenvalue weighted by atomic mass is 16.5. The number of hydrazone groups is 1. The fraction of sp³-hybridized carbons (Fsp3) is 0.111. The molecule has 0 heterocycles. The average molecular weight is 294 g/mol. The van der Waals surface area contributed by atoms with Crippen LogP contribution in [0.4, 0.5) is 0 Å². The summed E-state index contributed by atoms with van der Waals surface area (Å²) in [5, 5.41) is 3.86. The molecule has 1 N–H and O–H groups in total. The number of hydrogen-bond donors (Lipinski definition) is 1. The average Bonchev–Trinajstić information content (AvgIpc) is 2.56. The Balaban J connectivity index is 1.77. The Labute approximate surface area is 130 Å². The van der Waals surface area contributed by atoms with Gasteiger partial charge in [0.05, 0.1) is 0 Å². The number of benzene rings is 2. The van der Waals surface area contributed by atoms with E-state index in [1.54, 1.807) is 25.1 Å². The molecule has 1 atom stereocenters. The summed E-state index contributed by atoms with van der Waals surface area (Å²) < 4.78 is 5.50. The number of rotatable bonds is 6. The van der Waals surface area contributed by atoms with Crippen LogP contribution in [0.2, 0.25) is 0 Å². The molecule has 0 aliphatic heterocycles. The van der Waals surface area contributed by atoms with E-state index in [2.05, 4.69) is 10.5 Å². The first kappa shape index (κ1) is 15.5. The summed E-state index contributed by atoms with van der Waals surface area (Å²) in [6.07, 6.45) is 4.58. The Kier molecular flexibility index (Phi) is 5.93. The molecule has 4 nitrogen and oxygen atoms in total. The molecule has 1 unspecified atom stereocenters. The van der Waals surface area contributed by atoms with Crippen LogP contribution in [0.1, 0.15) is 12.5 Å². The summed E-state index contributed by atoms with van der Waals surface area (Å²) >= 11 is 0. The molecule has 4 heteroatoms. The van der Waals surface area contributed by atoms with Gasteiger partial charge in [-0.1, -0.05) is 54.6 Å². The molecular formula is C18H18N2O2. The number of nitrogens with one attached hydrogen (secondary N) is 1. The van der Waals surface area contributed by atoms with Crippen LogP contribution < -0.4 is 10.2 Å². The molecule has 0 aromatic heterocycles. The van der Waals surface area contributed by atoms with Gasteiger partial charge in [-0.05, 0) is 30.7 Å². The Hall–Kier alpha value is -2.88. The number of para-hydroxylation sites is 1. The third kappa shape index (κ3) is 5.25. The summed E-state index contributed by atoms with van der Waals surface area (Å²) in [6.45, 7) is 1.68. The molecule has 2 aromatic carbocycles. The molecule has 112 valence electrons. The van der Waals surface area contributed by atoms with E-state index in [0.717, 1.165) is 5.56 Å². The molecule has 0 aliphatic rings. The standard InChI is InChI=1S/C18H18N2O2/c1-15(22-17-12-6-3-7-13-17)18(21)20-19-14-8-11-16-9-4-2-5-10-16/h2-15H,1H3,(H,20,21)/b11-8+,19-14?. The van der Waals surface area contributed by atoms with Crippen molar-refractivity contribution in [3.05, 3.63) is 72.3 Å². The lowest BCUT2D eigenvalue weighted by atomic mass is 10.2.